The number of nitrogens with two attached hydrogens (primary N) is 1. The van der Waals surface area contributed by atoms with Crippen molar-refractivity contribution in [3.8, 4) is 0 Å². The summed E-state index contributed by atoms with van der Waals surface area (Å²) >= 11 is 0. The van der Waals surface area contributed by atoms with E-state index in [0.717, 1.165) is 5.56 Å². The maximum absolute atomic E-state index is 12.0. The molecule has 1 rings (SSSR count). The summed E-state index contributed by atoms with van der Waals surface area (Å²) in [6.45, 7) is 7.34. The van der Waals surface area contributed by atoms with Crippen molar-refractivity contribution in [3.05, 3.63) is 35.4 Å². The first-order chi connectivity index (χ1) is 9.25. The smallest absolute Gasteiger partial charge is 0.241 e. The quantitative estimate of drug-likeness (QED) is 0.895. The molecule has 4 heteroatoms. The molecule has 1 atom stereocenters. The Bertz CT molecular complexity index is 435. The zero-order valence-corrected chi connectivity index (χ0v) is 13.1. The maximum Gasteiger partial charge on any atom is 0.241 e. The summed E-state index contributed by atoms with van der Waals surface area (Å²) in [4.78, 5) is 13.6. The minimum atomic E-state index is -0.598. The minimum absolute atomic E-state index is 0.105. The van der Waals surface area contributed by atoms with Crippen molar-refractivity contribution in [2.75, 3.05) is 20.8 Å². The van der Waals surface area contributed by atoms with Gasteiger partial charge in [0.1, 0.15) is 6.04 Å². The SMILES string of the molecule is COCC(N)C(=O)N(C)Cc1ccc(C(C)(C)C)cc1. The summed E-state index contributed by atoms with van der Waals surface area (Å²) in [5.41, 5.74) is 8.27. The second-order valence-corrected chi connectivity index (χ2v) is 6.20. The number of amides is 1. The van der Waals surface area contributed by atoms with Crippen molar-refractivity contribution < 1.29 is 9.53 Å². The predicted octanol–water partition coefficient (Wildman–Crippen LogP) is 1.92. The topological polar surface area (TPSA) is 55.6 Å². The first-order valence-corrected chi connectivity index (χ1v) is 6.84. The van der Waals surface area contributed by atoms with E-state index in [-0.39, 0.29) is 17.9 Å². The number of likely N-dealkylation sites (N-methyl/N-ethyl adjacent to an activating group) is 1. The predicted molar refractivity (Wildman–Crippen MR) is 81.5 cm³/mol. The molecule has 112 valence electrons. The molecule has 0 saturated carbocycles. The number of rotatable bonds is 5. The minimum Gasteiger partial charge on any atom is -0.383 e. The fraction of sp³-hybridized carbons (Fsp3) is 0.562. The third-order valence-corrected chi connectivity index (χ3v) is 3.28. The molecule has 0 fully saturated rings. The largest absolute Gasteiger partial charge is 0.383 e. The highest BCUT2D eigenvalue weighted by molar-refractivity contribution is 5.81. The van der Waals surface area contributed by atoms with Crippen LogP contribution in [0.2, 0.25) is 0 Å². The van der Waals surface area contributed by atoms with Crippen molar-refractivity contribution in [1.29, 1.82) is 0 Å². The van der Waals surface area contributed by atoms with Gasteiger partial charge in [0.05, 0.1) is 6.61 Å². The van der Waals surface area contributed by atoms with Gasteiger partial charge >= 0.3 is 0 Å². The molecule has 1 unspecified atom stereocenters. The molecule has 0 aliphatic rings. The van der Waals surface area contributed by atoms with Crippen LogP contribution in [-0.4, -0.2) is 37.6 Å². The van der Waals surface area contributed by atoms with E-state index >= 15 is 0 Å². The van der Waals surface area contributed by atoms with Crippen molar-refractivity contribution in [1.82, 2.24) is 4.90 Å². The zero-order chi connectivity index (χ0) is 15.3. The zero-order valence-electron chi connectivity index (χ0n) is 13.1. The standard InChI is InChI=1S/C16H26N2O2/c1-16(2,3)13-8-6-12(7-9-13)10-18(4)15(19)14(17)11-20-5/h6-9,14H,10-11,17H2,1-5H3. The number of benzene rings is 1. The summed E-state index contributed by atoms with van der Waals surface area (Å²) in [6.07, 6.45) is 0. The Balaban J connectivity index is 2.67. The molecule has 0 spiro atoms. The summed E-state index contributed by atoms with van der Waals surface area (Å²) in [6, 6.07) is 7.75. The first-order valence-electron chi connectivity index (χ1n) is 6.84. The molecule has 2 N–H and O–H groups in total. The van der Waals surface area contributed by atoms with Crippen LogP contribution in [0.3, 0.4) is 0 Å². The van der Waals surface area contributed by atoms with Crippen LogP contribution in [-0.2, 0) is 21.5 Å². The number of hydrogen-bond acceptors (Lipinski definition) is 3. The first kappa shape index (κ1) is 16.7. The normalized spacial score (nSPS) is 13.1. The number of carbonyl (C=O) groups excluding carboxylic acids is 1. The number of methoxy groups -OCH3 is 1. The van der Waals surface area contributed by atoms with Crippen LogP contribution >= 0.6 is 0 Å². The summed E-state index contributed by atoms with van der Waals surface area (Å²) < 4.78 is 4.91. The molecule has 0 bridgehead atoms. The molecule has 1 amide bonds. The lowest BCUT2D eigenvalue weighted by molar-refractivity contribution is -0.132. The van der Waals surface area contributed by atoms with Crippen LogP contribution < -0.4 is 5.73 Å². The van der Waals surface area contributed by atoms with Gasteiger partial charge in [0.25, 0.3) is 0 Å². The number of ether oxygens (including phenoxy) is 1. The van der Waals surface area contributed by atoms with Gasteiger partial charge in [0, 0.05) is 20.7 Å². The average Bonchev–Trinajstić information content (AvgIpc) is 2.37. The summed E-state index contributed by atoms with van der Waals surface area (Å²) in [7, 11) is 3.30. The van der Waals surface area contributed by atoms with Crippen molar-refractivity contribution in [2.45, 2.75) is 38.8 Å². The molecule has 0 saturated heterocycles. The molecule has 1 aromatic rings. The molecule has 1 aromatic carbocycles. The van der Waals surface area contributed by atoms with E-state index in [2.05, 4.69) is 45.0 Å². The van der Waals surface area contributed by atoms with Crippen molar-refractivity contribution >= 4 is 5.91 Å². The van der Waals surface area contributed by atoms with E-state index in [1.165, 1.54) is 5.56 Å². The van der Waals surface area contributed by atoms with Gasteiger partial charge in [-0.1, -0.05) is 45.0 Å². The second kappa shape index (κ2) is 6.86. The van der Waals surface area contributed by atoms with Gasteiger partial charge in [-0.25, -0.2) is 0 Å². The van der Waals surface area contributed by atoms with Gasteiger partial charge < -0.3 is 15.4 Å². The van der Waals surface area contributed by atoms with Crippen LogP contribution in [0.25, 0.3) is 0 Å². The van der Waals surface area contributed by atoms with Crippen molar-refractivity contribution in [2.24, 2.45) is 5.73 Å². The van der Waals surface area contributed by atoms with Crippen LogP contribution in [0.1, 0.15) is 31.9 Å². The summed E-state index contributed by atoms with van der Waals surface area (Å²) in [5.74, 6) is -0.105. The van der Waals surface area contributed by atoms with Gasteiger partial charge in [0.15, 0.2) is 0 Å². The Hall–Kier alpha value is -1.39. The van der Waals surface area contributed by atoms with Crippen LogP contribution in [0.4, 0.5) is 0 Å². The molecule has 0 aliphatic carbocycles. The molecule has 20 heavy (non-hydrogen) atoms. The second-order valence-electron chi connectivity index (χ2n) is 6.20. The highest BCUT2D eigenvalue weighted by Crippen LogP contribution is 2.22. The van der Waals surface area contributed by atoms with E-state index < -0.39 is 6.04 Å². The molecule has 0 radical (unpaired) electrons. The van der Waals surface area contributed by atoms with E-state index in [1.807, 2.05) is 0 Å². The van der Waals surface area contributed by atoms with Gasteiger partial charge in [-0.15, -0.1) is 0 Å². The number of hydrogen-bond donors (Lipinski definition) is 1. The highest BCUT2D eigenvalue weighted by atomic mass is 16.5. The lowest BCUT2D eigenvalue weighted by atomic mass is 9.87. The van der Waals surface area contributed by atoms with Gasteiger partial charge in [-0.3, -0.25) is 4.79 Å². The van der Waals surface area contributed by atoms with E-state index in [4.69, 9.17) is 10.5 Å². The monoisotopic (exact) mass is 278 g/mol. The fourth-order valence-corrected chi connectivity index (χ4v) is 2.00. The van der Waals surface area contributed by atoms with E-state index in [1.54, 1.807) is 19.1 Å². The fourth-order valence-electron chi connectivity index (χ4n) is 2.00. The highest BCUT2D eigenvalue weighted by Gasteiger charge is 2.18. The number of carbonyl (C=O) groups is 1. The van der Waals surface area contributed by atoms with Gasteiger partial charge in [-0.05, 0) is 16.5 Å². The average molecular weight is 278 g/mol. The van der Waals surface area contributed by atoms with Crippen LogP contribution in [0.15, 0.2) is 24.3 Å². The molecular weight excluding hydrogens is 252 g/mol. The molecular formula is C16H26N2O2. The molecule has 0 aliphatic heterocycles. The molecule has 0 heterocycles. The Morgan fingerprint density at radius 3 is 2.30 bits per heavy atom. The third-order valence-electron chi connectivity index (χ3n) is 3.28. The van der Waals surface area contributed by atoms with Gasteiger partial charge in [-0.2, -0.15) is 0 Å². The lowest BCUT2D eigenvalue weighted by Crippen LogP contribution is -2.44. The van der Waals surface area contributed by atoms with E-state index in [0.29, 0.717) is 6.54 Å². The Morgan fingerprint density at radius 1 is 1.30 bits per heavy atom. The van der Waals surface area contributed by atoms with Gasteiger partial charge in [0.2, 0.25) is 5.91 Å². The van der Waals surface area contributed by atoms with Crippen molar-refractivity contribution in [3.63, 3.8) is 0 Å². The van der Waals surface area contributed by atoms with Crippen LogP contribution in [0.5, 0.6) is 0 Å². The third kappa shape index (κ3) is 4.62. The molecule has 0 aromatic heterocycles. The number of nitrogens with zero attached hydrogens (tertiary/aromatic N) is 1. The molecule has 4 nitrogen and oxygen atoms in total. The Kier molecular flexibility index (Phi) is 5.72. The lowest BCUT2D eigenvalue weighted by Gasteiger charge is -2.22. The van der Waals surface area contributed by atoms with E-state index in [9.17, 15) is 4.79 Å². The van der Waals surface area contributed by atoms with Crippen LogP contribution in [0, 0.1) is 0 Å². The Morgan fingerprint density at radius 2 is 1.85 bits per heavy atom. The Labute approximate surface area is 121 Å². The summed E-state index contributed by atoms with van der Waals surface area (Å²) in [5, 5.41) is 0. The maximum atomic E-state index is 12.0.